The maximum absolute atomic E-state index is 11.5. The number of aromatic nitrogens is 2. The SMILES string of the molecule is Cn1ccn(CC(C)(C)CS)c1=O. The van der Waals surface area contributed by atoms with Gasteiger partial charge in [-0.05, 0) is 11.2 Å². The molecule has 1 aromatic rings. The Morgan fingerprint density at radius 3 is 2.46 bits per heavy atom. The van der Waals surface area contributed by atoms with Crippen LogP contribution in [0.25, 0.3) is 0 Å². The Labute approximate surface area is 83.8 Å². The molecule has 0 aliphatic rings. The molecule has 1 heterocycles. The van der Waals surface area contributed by atoms with Crippen LogP contribution in [0.15, 0.2) is 17.2 Å². The molecule has 1 rings (SSSR count). The van der Waals surface area contributed by atoms with E-state index in [0.717, 1.165) is 12.3 Å². The van der Waals surface area contributed by atoms with Crippen LogP contribution in [0, 0.1) is 5.41 Å². The van der Waals surface area contributed by atoms with E-state index in [4.69, 9.17) is 0 Å². The lowest BCUT2D eigenvalue weighted by molar-refractivity contribution is 0.346. The molecule has 0 saturated carbocycles. The van der Waals surface area contributed by atoms with Crippen LogP contribution in [0.4, 0.5) is 0 Å². The summed E-state index contributed by atoms with van der Waals surface area (Å²) in [7, 11) is 1.76. The van der Waals surface area contributed by atoms with Crippen molar-refractivity contribution < 1.29 is 0 Å². The predicted octanol–water partition coefficient (Wildman–Crippen LogP) is 1.14. The highest BCUT2D eigenvalue weighted by atomic mass is 32.1. The van der Waals surface area contributed by atoms with Crippen LogP contribution in [-0.4, -0.2) is 14.9 Å². The Morgan fingerprint density at radius 1 is 1.46 bits per heavy atom. The maximum atomic E-state index is 11.5. The standard InChI is InChI=1S/C9H16N2OS/c1-9(2,7-13)6-11-5-4-10(3)8(11)12/h4-5,13H,6-7H2,1-3H3. The monoisotopic (exact) mass is 200 g/mol. The molecule has 0 amide bonds. The number of thiol groups is 1. The first-order valence-corrected chi connectivity index (χ1v) is 4.92. The number of hydrogen-bond donors (Lipinski definition) is 1. The van der Waals surface area contributed by atoms with Gasteiger partial charge in [0.2, 0.25) is 0 Å². The molecule has 0 atom stereocenters. The molecule has 0 spiro atoms. The van der Waals surface area contributed by atoms with E-state index in [-0.39, 0.29) is 11.1 Å². The Kier molecular flexibility index (Phi) is 2.91. The molecule has 0 N–H and O–H groups in total. The third-order valence-corrected chi connectivity index (χ3v) is 2.90. The molecule has 74 valence electrons. The molecule has 0 aromatic carbocycles. The van der Waals surface area contributed by atoms with Gasteiger partial charge in [-0.3, -0.25) is 4.57 Å². The zero-order valence-corrected chi connectivity index (χ0v) is 9.21. The highest BCUT2D eigenvalue weighted by Gasteiger charge is 2.17. The van der Waals surface area contributed by atoms with Crippen molar-refractivity contribution >= 4 is 12.6 Å². The van der Waals surface area contributed by atoms with Crippen molar-refractivity contribution in [2.45, 2.75) is 20.4 Å². The fourth-order valence-corrected chi connectivity index (χ4v) is 1.24. The van der Waals surface area contributed by atoms with Gasteiger partial charge in [-0.15, -0.1) is 0 Å². The first kappa shape index (κ1) is 10.4. The minimum absolute atomic E-state index is 0.0369. The molecule has 13 heavy (non-hydrogen) atoms. The summed E-state index contributed by atoms with van der Waals surface area (Å²) in [6.45, 7) is 4.91. The number of hydrogen-bond acceptors (Lipinski definition) is 2. The molecule has 4 heteroatoms. The average Bonchev–Trinajstić information content (AvgIpc) is 2.36. The van der Waals surface area contributed by atoms with Gasteiger partial charge in [-0.2, -0.15) is 12.6 Å². The van der Waals surface area contributed by atoms with Gasteiger partial charge in [0.25, 0.3) is 0 Å². The van der Waals surface area contributed by atoms with Crippen LogP contribution in [0.3, 0.4) is 0 Å². The van der Waals surface area contributed by atoms with E-state index in [2.05, 4.69) is 26.5 Å². The van der Waals surface area contributed by atoms with Crippen molar-refractivity contribution in [3.63, 3.8) is 0 Å². The summed E-state index contributed by atoms with van der Waals surface area (Å²) in [5.74, 6) is 0.772. The molecule has 0 bridgehead atoms. The molecule has 3 nitrogen and oxygen atoms in total. The van der Waals surface area contributed by atoms with Gasteiger partial charge in [-0.1, -0.05) is 13.8 Å². The van der Waals surface area contributed by atoms with Crippen molar-refractivity contribution in [2.75, 3.05) is 5.75 Å². The Bertz CT molecular complexity index is 338. The summed E-state index contributed by atoms with van der Waals surface area (Å²) in [5, 5.41) is 0. The Balaban J connectivity index is 2.87. The third-order valence-electron chi connectivity index (χ3n) is 2.04. The van der Waals surface area contributed by atoms with Crippen molar-refractivity contribution in [2.24, 2.45) is 12.5 Å². The van der Waals surface area contributed by atoms with Crippen LogP contribution >= 0.6 is 12.6 Å². The van der Waals surface area contributed by atoms with Crippen LogP contribution in [0.2, 0.25) is 0 Å². The highest BCUT2D eigenvalue weighted by Crippen LogP contribution is 2.18. The molecule has 0 saturated heterocycles. The summed E-state index contributed by atoms with van der Waals surface area (Å²) in [4.78, 5) is 11.5. The number of aryl methyl sites for hydroxylation is 1. The topological polar surface area (TPSA) is 26.9 Å². The number of nitrogens with zero attached hydrogens (tertiary/aromatic N) is 2. The lowest BCUT2D eigenvalue weighted by Gasteiger charge is -2.21. The first-order valence-electron chi connectivity index (χ1n) is 4.29. The summed E-state index contributed by atoms with van der Waals surface area (Å²) < 4.78 is 3.30. The van der Waals surface area contributed by atoms with Crippen molar-refractivity contribution in [3.8, 4) is 0 Å². The van der Waals surface area contributed by atoms with E-state index < -0.39 is 0 Å². The number of rotatable bonds is 3. The molecule has 0 unspecified atom stereocenters. The van der Waals surface area contributed by atoms with Crippen molar-refractivity contribution in [1.29, 1.82) is 0 Å². The van der Waals surface area contributed by atoms with Gasteiger partial charge < -0.3 is 4.57 Å². The second kappa shape index (κ2) is 3.62. The maximum Gasteiger partial charge on any atom is 0.327 e. The zero-order valence-electron chi connectivity index (χ0n) is 8.32. The second-order valence-corrected chi connectivity index (χ2v) is 4.46. The summed E-state index contributed by atoms with van der Waals surface area (Å²) in [6, 6.07) is 0. The van der Waals surface area contributed by atoms with Gasteiger partial charge in [0, 0.05) is 26.0 Å². The van der Waals surface area contributed by atoms with Crippen LogP contribution in [-0.2, 0) is 13.6 Å². The van der Waals surface area contributed by atoms with E-state index in [9.17, 15) is 4.79 Å². The predicted molar refractivity (Wildman–Crippen MR) is 57.3 cm³/mol. The lowest BCUT2D eigenvalue weighted by Crippen LogP contribution is -2.29. The fourth-order valence-electron chi connectivity index (χ4n) is 1.14. The van der Waals surface area contributed by atoms with E-state index in [0.29, 0.717) is 0 Å². The molecule has 0 aliphatic carbocycles. The fraction of sp³-hybridized carbons (Fsp3) is 0.667. The molecule has 0 fully saturated rings. The summed E-state index contributed by atoms with van der Waals surface area (Å²) >= 11 is 4.25. The second-order valence-electron chi connectivity index (χ2n) is 4.14. The van der Waals surface area contributed by atoms with Gasteiger partial charge >= 0.3 is 5.69 Å². The van der Waals surface area contributed by atoms with E-state index in [1.165, 1.54) is 0 Å². The van der Waals surface area contributed by atoms with Crippen LogP contribution in [0.5, 0.6) is 0 Å². The summed E-state index contributed by atoms with van der Waals surface area (Å²) in [6.07, 6.45) is 3.59. The van der Waals surface area contributed by atoms with Gasteiger partial charge in [0.05, 0.1) is 0 Å². The van der Waals surface area contributed by atoms with Crippen molar-refractivity contribution in [3.05, 3.63) is 22.9 Å². The smallest absolute Gasteiger partial charge is 0.302 e. The molecule has 0 aliphatic heterocycles. The Hall–Kier alpha value is -0.640. The first-order chi connectivity index (χ1) is 5.96. The minimum Gasteiger partial charge on any atom is -0.302 e. The molecular formula is C9H16N2OS. The molecular weight excluding hydrogens is 184 g/mol. The highest BCUT2D eigenvalue weighted by molar-refractivity contribution is 7.80. The van der Waals surface area contributed by atoms with Gasteiger partial charge in [-0.25, -0.2) is 4.79 Å². The van der Waals surface area contributed by atoms with Gasteiger partial charge in [0.1, 0.15) is 0 Å². The zero-order chi connectivity index (χ0) is 10.1. The molecule has 0 radical (unpaired) electrons. The third kappa shape index (κ3) is 2.40. The largest absolute Gasteiger partial charge is 0.327 e. The van der Waals surface area contributed by atoms with Gasteiger partial charge in [0.15, 0.2) is 0 Å². The van der Waals surface area contributed by atoms with Crippen LogP contribution < -0.4 is 5.69 Å². The lowest BCUT2D eigenvalue weighted by atomic mass is 9.96. The van der Waals surface area contributed by atoms with Crippen LogP contribution in [0.1, 0.15) is 13.8 Å². The van der Waals surface area contributed by atoms with E-state index in [1.54, 1.807) is 22.4 Å². The Morgan fingerprint density at radius 2 is 2.08 bits per heavy atom. The minimum atomic E-state index is 0.0369. The normalized spacial score (nSPS) is 12.0. The quantitative estimate of drug-likeness (QED) is 0.728. The number of imidazole rings is 1. The van der Waals surface area contributed by atoms with E-state index >= 15 is 0 Å². The molecule has 1 aromatic heterocycles. The average molecular weight is 200 g/mol. The van der Waals surface area contributed by atoms with Crippen molar-refractivity contribution in [1.82, 2.24) is 9.13 Å². The van der Waals surface area contributed by atoms with E-state index in [1.807, 2.05) is 6.20 Å². The summed E-state index contributed by atoms with van der Waals surface area (Å²) in [5.41, 5.74) is 0.101.